The quantitative estimate of drug-likeness (QED) is 0.362. The maximum Gasteiger partial charge on any atom is 0.341 e. The first-order chi connectivity index (χ1) is 15.3. The molecule has 1 aliphatic rings. The number of thiophene rings is 1. The molecule has 0 saturated heterocycles. The first-order valence-corrected chi connectivity index (χ1v) is 11.1. The normalized spacial score (nSPS) is 15.5. The average molecular weight is 476 g/mol. The molecule has 33 heavy (non-hydrogen) atoms. The maximum atomic E-state index is 13.0. The van der Waals surface area contributed by atoms with Crippen LogP contribution in [0.4, 0.5) is 16.4 Å². The van der Waals surface area contributed by atoms with E-state index in [4.69, 9.17) is 4.74 Å². The van der Waals surface area contributed by atoms with E-state index in [1.54, 1.807) is 0 Å². The number of carbonyl (C=O) groups is 2. The van der Waals surface area contributed by atoms with Gasteiger partial charge in [0.05, 0.1) is 28.1 Å². The van der Waals surface area contributed by atoms with Gasteiger partial charge in [-0.25, -0.2) is 4.79 Å². The number of nitrogens with zero attached hydrogens (tertiary/aromatic N) is 2. The minimum Gasteiger partial charge on any atom is -0.465 e. The fourth-order valence-corrected chi connectivity index (χ4v) is 5.41. The number of hydrogen-bond acceptors (Lipinski definition) is 8. The van der Waals surface area contributed by atoms with Gasteiger partial charge in [-0.1, -0.05) is 20.8 Å². The molecule has 3 rings (SSSR count). The fraction of sp³-hybridized carbons (Fsp3) is 0.455. The summed E-state index contributed by atoms with van der Waals surface area (Å²) < 4.78 is 4.94. The minimum absolute atomic E-state index is 0.0797. The minimum atomic E-state index is -0.780. The molecule has 0 aliphatic heterocycles. The average Bonchev–Trinajstić information content (AvgIpc) is 3.09. The van der Waals surface area contributed by atoms with Crippen molar-refractivity contribution in [1.29, 1.82) is 0 Å². The molecule has 1 atom stereocenters. The van der Waals surface area contributed by atoms with Gasteiger partial charge >= 0.3 is 5.97 Å². The summed E-state index contributed by atoms with van der Waals surface area (Å²) in [5, 5.41) is 25.6. The number of hydrogen-bond donors (Lipinski definition) is 1. The molecule has 1 aromatic carbocycles. The molecule has 0 fully saturated rings. The Hall–Kier alpha value is -3.34. The fourth-order valence-electron chi connectivity index (χ4n) is 4.10. The first kappa shape index (κ1) is 24.3. The number of rotatable bonds is 5. The molecular weight excluding hydrogens is 450 g/mol. The first-order valence-electron chi connectivity index (χ1n) is 10.3. The molecule has 0 spiro atoms. The SMILES string of the molecule is COC(=O)c1c(NC(=O)c2cc([N+](=O)[O-])c(C)c([N+](=O)[O-])c2)sc2c1CCC(C(C)(C)C)C2. The van der Waals surface area contributed by atoms with Crippen LogP contribution in [0.2, 0.25) is 0 Å². The van der Waals surface area contributed by atoms with Crippen molar-refractivity contribution >= 4 is 39.6 Å². The monoisotopic (exact) mass is 475 g/mol. The van der Waals surface area contributed by atoms with Crippen molar-refractivity contribution < 1.29 is 24.2 Å². The zero-order valence-electron chi connectivity index (χ0n) is 19.0. The van der Waals surface area contributed by atoms with Gasteiger partial charge in [0.2, 0.25) is 0 Å². The Labute approximate surface area is 194 Å². The predicted octanol–water partition coefficient (Wildman–Crippen LogP) is 5.06. The van der Waals surface area contributed by atoms with Crippen molar-refractivity contribution in [2.45, 2.75) is 47.0 Å². The molecule has 11 heteroatoms. The van der Waals surface area contributed by atoms with E-state index < -0.39 is 33.1 Å². The summed E-state index contributed by atoms with van der Waals surface area (Å²) in [5.74, 6) is -0.963. The molecule has 2 aromatic rings. The van der Waals surface area contributed by atoms with Crippen molar-refractivity contribution in [3.8, 4) is 0 Å². The molecule has 0 radical (unpaired) electrons. The van der Waals surface area contributed by atoms with Crippen LogP contribution in [0.15, 0.2) is 12.1 Å². The van der Waals surface area contributed by atoms with Crippen LogP contribution >= 0.6 is 11.3 Å². The highest BCUT2D eigenvalue weighted by Crippen LogP contribution is 2.44. The maximum absolute atomic E-state index is 13.0. The van der Waals surface area contributed by atoms with Gasteiger partial charge in [-0.3, -0.25) is 25.0 Å². The Balaban J connectivity index is 2.03. The Morgan fingerprint density at radius 3 is 2.21 bits per heavy atom. The van der Waals surface area contributed by atoms with Gasteiger partial charge in [0, 0.05) is 17.0 Å². The number of benzene rings is 1. The van der Waals surface area contributed by atoms with Crippen LogP contribution in [0, 0.1) is 38.5 Å². The molecule has 1 amide bonds. The standard InChI is InChI=1S/C22H25N3O7S/c1-11-15(24(28)29)8-12(9-16(11)25(30)31)19(26)23-20-18(21(27)32-5)14-7-6-13(22(2,3)4)10-17(14)33-20/h8-9,13H,6-7,10H2,1-5H3,(H,23,26). The number of amides is 1. The summed E-state index contributed by atoms with van der Waals surface area (Å²) in [4.78, 5) is 47.7. The number of anilines is 1. The van der Waals surface area contributed by atoms with Crippen LogP contribution < -0.4 is 5.32 Å². The van der Waals surface area contributed by atoms with Gasteiger partial charge in [0.1, 0.15) is 10.6 Å². The summed E-state index contributed by atoms with van der Waals surface area (Å²) in [6, 6.07) is 2.00. The second-order valence-corrected chi connectivity index (χ2v) is 10.2. The van der Waals surface area contributed by atoms with Crippen LogP contribution in [0.5, 0.6) is 0 Å². The molecule has 0 saturated carbocycles. The zero-order chi connectivity index (χ0) is 24.7. The topological polar surface area (TPSA) is 142 Å². The Morgan fingerprint density at radius 2 is 1.73 bits per heavy atom. The van der Waals surface area contributed by atoms with Gasteiger partial charge in [-0.05, 0) is 43.1 Å². The lowest BCUT2D eigenvalue weighted by atomic mass is 9.72. The van der Waals surface area contributed by atoms with E-state index in [0.29, 0.717) is 12.3 Å². The smallest absolute Gasteiger partial charge is 0.341 e. The lowest BCUT2D eigenvalue weighted by molar-refractivity contribution is -0.395. The van der Waals surface area contributed by atoms with Crippen molar-refractivity contribution in [3.05, 3.63) is 59.5 Å². The summed E-state index contributed by atoms with van der Waals surface area (Å²) in [6.45, 7) is 7.75. The summed E-state index contributed by atoms with van der Waals surface area (Å²) >= 11 is 1.27. The van der Waals surface area contributed by atoms with E-state index in [0.717, 1.165) is 35.4 Å². The summed E-state index contributed by atoms with van der Waals surface area (Å²) in [5.41, 5.74) is -0.249. The Kier molecular flexibility index (Phi) is 6.55. The number of nitro groups is 2. The Bertz CT molecular complexity index is 1130. The highest BCUT2D eigenvalue weighted by molar-refractivity contribution is 7.17. The second-order valence-electron chi connectivity index (χ2n) is 9.11. The third kappa shape index (κ3) is 4.72. The van der Waals surface area contributed by atoms with Gasteiger partial charge in [0.15, 0.2) is 0 Å². The van der Waals surface area contributed by atoms with Crippen molar-refractivity contribution in [2.75, 3.05) is 12.4 Å². The number of nitro benzene ring substituents is 2. The van der Waals surface area contributed by atoms with Crippen LogP contribution in [0.25, 0.3) is 0 Å². The summed E-state index contributed by atoms with van der Waals surface area (Å²) in [7, 11) is 1.26. The van der Waals surface area contributed by atoms with Crippen LogP contribution in [-0.2, 0) is 17.6 Å². The third-order valence-electron chi connectivity index (χ3n) is 6.12. The van der Waals surface area contributed by atoms with E-state index in [2.05, 4.69) is 26.1 Å². The van der Waals surface area contributed by atoms with Gasteiger partial charge < -0.3 is 10.1 Å². The number of methoxy groups -OCH3 is 1. The molecule has 176 valence electrons. The number of esters is 1. The molecular formula is C22H25N3O7S. The largest absolute Gasteiger partial charge is 0.465 e. The molecule has 1 aliphatic carbocycles. The predicted molar refractivity (Wildman–Crippen MR) is 123 cm³/mol. The summed E-state index contributed by atoms with van der Waals surface area (Å²) in [6.07, 6.45) is 2.31. The Morgan fingerprint density at radius 1 is 1.15 bits per heavy atom. The van der Waals surface area contributed by atoms with Gasteiger partial charge in [-0.15, -0.1) is 11.3 Å². The van der Waals surface area contributed by atoms with Crippen molar-refractivity contribution in [2.24, 2.45) is 11.3 Å². The molecule has 0 bridgehead atoms. The third-order valence-corrected chi connectivity index (χ3v) is 7.28. The number of ether oxygens (including phenoxy) is 1. The van der Waals surface area contributed by atoms with E-state index in [1.165, 1.54) is 25.4 Å². The van der Waals surface area contributed by atoms with E-state index in [9.17, 15) is 29.8 Å². The van der Waals surface area contributed by atoms with Gasteiger partial charge in [0.25, 0.3) is 17.3 Å². The van der Waals surface area contributed by atoms with Crippen LogP contribution in [-0.4, -0.2) is 28.8 Å². The van der Waals surface area contributed by atoms with Crippen molar-refractivity contribution in [3.63, 3.8) is 0 Å². The van der Waals surface area contributed by atoms with E-state index >= 15 is 0 Å². The van der Waals surface area contributed by atoms with Crippen LogP contribution in [0.1, 0.15) is 63.9 Å². The lowest BCUT2D eigenvalue weighted by Crippen LogP contribution is -2.26. The lowest BCUT2D eigenvalue weighted by Gasteiger charge is -2.33. The van der Waals surface area contributed by atoms with Crippen molar-refractivity contribution in [1.82, 2.24) is 0 Å². The molecule has 1 aromatic heterocycles. The zero-order valence-corrected chi connectivity index (χ0v) is 19.8. The van der Waals surface area contributed by atoms with E-state index in [-0.39, 0.29) is 27.1 Å². The van der Waals surface area contributed by atoms with Crippen LogP contribution in [0.3, 0.4) is 0 Å². The molecule has 1 unspecified atom stereocenters. The number of fused-ring (bicyclic) bond motifs is 1. The molecule has 1 heterocycles. The number of nitrogens with one attached hydrogen (secondary N) is 1. The number of carbonyl (C=O) groups excluding carboxylic acids is 2. The highest BCUT2D eigenvalue weighted by Gasteiger charge is 2.35. The highest BCUT2D eigenvalue weighted by atomic mass is 32.1. The van der Waals surface area contributed by atoms with Gasteiger partial charge in [-0.2, -0.15) is 0 Å². The molecule has 1 N–H and O–H groups in total. The van der Waals surface area contributed by atoms with E-state index in [1.807, 2.05) is 0 Å². The molecule has 10 nitrogen and oxygen atoms in total. The second kappa shape index (κ2) is 8.89.